The summed E-state index contributed by atoms with van der Waals surface area (Å²) in [5.41, 5.74) is 2.31. The number of aromatic nitrogens is 2. The highest BCUT2D eigenvalue weighted by Gasteiger charge is 2.24. The van der Waals surface area contributed by atoms with E-state index < -0.39 is 0 Å². The molecule has 0 aliphatic carbocycles. The summed E-state index contributed by atoms with van der Waals surface area (Å²) in [5, 5.41) is 2.11. The molecule has 2 fully saturated rings. The minimum atomic E-state index is 0.261. The quantitative estimate of drug-likeness (QED) is 0.752. The van der Waals surface area contributed by atoms with Gasteiger partial charge in [0.25, 0.3) is 0 Å². The average Bonchev–Trinajstić information content (AvgIpc) is 3.17. The second kappa shape index (κ2) is 9.11. The number of piperidine rings is 1. The van der Waals surface area contributed by atoms with Crippen molar-refractivity contribution in [3.05, 3.63) is 33.6 Å². The molecule has 0 saturated carbocycles. The normalized spacial score (nSPS) is 17.7. The van der Waals surface area contributed by atoms with Gasteiger partial charge in [0, 0.05) is 62.3 Å². The molecule has 4 heterocycles. The summed E-state index contributed by atoms with van der Waals surface area (Å²) in [6, 6.07) is 4.23. The van der Waals surface area contributed by atoms with Crippen molar-refractivity contribution in [3.8, 4) is 0 Å². The number of hydrogen-bond acceptors (Lipinski definition) is 6. The first-order valence-corrected chi connectivity index (χ1v) is 11.6. The van der Waals surface area contributed by atoms with Crippen LogP contribution in [-0.4, -0.2) is 60.0 Å². The molecule has 156 valence electrons. The van der Waals surface area contributed by atoms with Crippen molar-refractivity contribution in [2.75, 3.05) is 49.1 Å². The monoisotopic (exact) mass is 413 g/mol. The fourth-order valence-corrected chi connectivity index (χ4v) is 5.07. The second-order valence-corrected chi connectivity index (χ2v) is 9.11. The molecule has 0 unspecified atom stereocenters. The average molecular weight is 414 g/mol. The van der Waals surface area contributed by atoms with Crippen molar-refractivity contribution in [2.45, 2.75) is 46.0 Å². The van der Waals surface area contributed by atoms with Crippen molar-refractivity contribution in [1.29, 1.82) is 0 Å². The van der Waals surface area contributed by atoms with Crippen LogP contribution < -0.4 is 9.80 Å². The van der Waals surface area contributed by atoms with Gasteiger partial charge in [0.15, 0.2) is 0 Å². The standard InChI is InChI=1S/C22H31N5OS/c1-17-8-15-29-19(17)6-7-21(28)26-11-13-27(14-12-26)22-23-18(2)16-20(24-22)25-9-4-3-5-10-25/h8,15-16H,3-7,9-14H2,1-2H3. The molecule has 0 atom stereocenters. The number of carbonyl (C=O) groups excluding carboxylic acids is 1. The Balaban J connectivity index is 1.33. The summed E-state index contributed by atoms with van der Waals surface area (Å²) < 4.78 is 0. The van der Waals surface area contributed by atoms with Gasteiger partial charge >= 0.3 is 0 Å². The summed E-state index contributed by atoms with van der Waals surface area (Å²) >= 11 is 1.75. The van der Waals surface area contributed by atoms with Crippen LogP contribution in [0, 0.1) is 13.8 Å². The highest BCUT2D eigenvalue weighted by molar-refractivity contribution is 7.10. The maximum atomic E-state index is 12.6. The molecule has 6 nitrogen and oxygen atoms in total. The van der Waals surface area contributed by atoms with Crippen molar-refractivity contribution in [2.24, 2.45) is 0 Å². The smallest absolute Gasteiger partial charge is 0.227 e. The molecule has 0 aromatic carbocycles. The Morgan fingerprint density at radius 1 is 1.00 bits per heavy atom. The Morgan fingerprint density at radius 2 is 1.76 bits per heavy atom. The van der Waals surface area contributed by atoms with Crippen LogP contribution in [0.3, 0.4) is 0 Å². The minimum Gasteiger partial charge on any atom is -0.356 e. The van der Waals surface area contributed by atoms with E-state index in [4.69, 9.17) is 4.98 Å². The van der Waals surface area contributed by atoms with Gasteiger partial charge in [-0.25, -0.2) is 4.98 Å². The summed E-state index contributed by atoms with van der Waals surface area (Å²) in [7, 11) is 0. The van der Waals surface area contributed by atoms with Gasteiger partial charge in [-0.05, 0) is 56.5 Å². The summed E-state index contributed by atoms with van der Waals surface area (Å²) in [4.78, 5) is 30.1. The molecular weight excluding hydrogens is 382 g/mol. The predicted octanol–water partition coefficient (Wildman–Crippen LogP) is 3.43. The van der Waals surface area contributed by atoms with Gasteiger partial charge in [-0.1, -0.05) is 0 Å². The Bertz CT molecular complexity index is 837. The fourth-order valence-electron chi connectivity index (χ4n) is 4.16. The maximum absolute atomic E-state index is 12.6. The number of piperazine rings is 1. The van der Waals surface area contributed by atoms with Gasteiger partial charge < -0.3 is 14.7 Å². The maximum Gasteiger partial charge on any atom is 0.227 e. The van der Waals surface area contributed by atoms with E-state index in [0.29, 0.717) is 6.42 Å². The molecule has 0 spiro atoms. The number of hydrogen-bond donors (Lipinski definition) is 0. The number of rotatable bonds is 5. The van der Waals surface area contributed by atoms with Crippen molar-refractivity contribution < 1.29 is 4.79 Å². The first-order valence-electron chi connectivity index (χ1n) is 10.8. The van der Waals surface area contributed by atoms with Crippen LogP contribution in [0.15, 0.2) is 17.5 Å². The fraction of sp³-hybridized carbons (Fsp3) is 0.591. The SMILES string of the molecule is Cc1cc(N2CCCCC2)nc(N2CCN(C(=O)CCc3sccc3C)CC2)n1. The summed E-state index contributed by atoms with van der Waals surface area (Å²) in [6.07, 6.45) is 5.24. The van der Waals surface area contributed by atoms with E-state index in [1.807, 2.05) is 11.8 Å². The van der Waals surface area contributed by atoms with Crippen LogP contribution in [0.5, 0.6) is 0 Å². The van der Waals surface area contributed by atoms with Crippen LogP contribution in [0.4, 0.5) is 11.8 Å². The summed E-state index contributed by atoms with van der Waals surface area (Å²) in [6.45, 7) is 9.43. The van der Waals surface area contributed by atoms with E-state index in [1.54, 1.807) is 11.3 Å². The zero-order chi connectivity index (χ0) is 20.2. The van der Waals surface area contributed by atoms with E-state index in [1.165, 1.54) is 29.7 Å². The number of aryl methyl sites for hydroxylation is 3. The van der Waals surface area contributed by atoms with Gasteiger partial charge in [0.05, 0.1) is 0 Å². The number of amides is 1. The zero-order valence-corrected chi connectivity index (χ0v) is 18.4. The van der Waals surface area contributed by atoms with Crippen LogP contribution in [0.1, 0.15) is 41.8 Å². The lowest BCUT2D eigenvalue weighted by Crippen LogP contribution is -2.49. The van der Waals surface area contributed by atoms with Crippen LogP contribution in [-0.2, 0) is 11.2 Å². The molecule has 2 aromatic rings. The molecule has 2 aromatic heterocycles. The van der Waals surface area contributed by atoms with Crippen molar-refractivity contribution in [3.63, 3.8) is 0 Å². The van der Waals surface area contributed by atoms with E-state index in [9.17, 15) is 4.79 Å². The number of nitrogens with zero attached hydrogens (tertiary/aromatic N) is 5. The third-order valence-electron chi connectivity index (χ3n) is 5.96. The number of thiophene rings is 1. The molecule has 2 aliphatic heterocycles. The minimum absolute atomic E-state index is 0.261. The lowest BCUT2D eigenvalue weighted by Gasteiger charge is -2.35. The molecule has 1 amide bonds. The Labute approximate surface area is 177 Å². The molecule has 0 radical (unpaired) electrons. The van der Waals surface area contributed by atoms with E-state index in [0.717, 1.165) is 63.1 Å². The molecule has 29 heavy (non-hydrogen) atoms. The van der Waals surface area contributed by atoms with Crippen LogP contribution in [0.25, 0.3) is 0 Å². The third-order valence-corrected chi connectivity index (χ3v) is 7.04. The largest absolute Gasteiger partial charge is 0.356 e. The van der Waals surface area contributed by atoms with Crippen LogP contribution >= 0.6 is 11.3 Å². The number of anilines is 2. The van der Waals surface area contributed by atoms with Crippen molar-refractivity contribution >= 4 is 29.0 Å². The number of carbonyl (C=O) groups is 1. The first kappa shape index (κ1) is 20.1. The van der Waals surface area contributed by atoms with Gasteiger partial charge in [0.2, 0.25) is 11.9 Å². The van der Waals surface area contributed by atoms with Gasteiger partial charge in [-0.3, -0.25) is 4.79 Å². The van der Waals surface area contributed by atoms with Crippen molar-refractivity contribution in [1.82, 2.24) is 14.9 Å². The Hall–Kier alpha value is -2.15. The highest BCUT2D eigenvalue weighted by Crippen LogP contribution is 2.22. The molecule has 7 heteroatoms. The van der Waals surface area contributed by atoms with Gasteiger partial charge in [0.1, 0.15) is 5.82 Å². The third kappa shape index (κ3) is 4.89. The highest BCUT2D eigenvalue weighted by atomic mass is 32.1. The lowest BCUT2D eigenvalue weighted by molar-refractivity contribution is -0.131. The molecular formula is C22H31N5OS. The molecule has 2 aliphatic rings. The van der Waals surface area contributed by atoms with Gasteiger partial charge in [-0.2, -0.15) is 4.98 Å². The topological polar surface area (TPSA) is 52.6 Å². The Kier molecular flexibility index (Phi) is 6.33. The molecule has 0 N–H and O–H groups in total. The summed E-state index contributed by atoms with van der Waals surface area (Å²) in [5.74, 6) is 2.13. The van der Waals surface area contributed by atoms with E-state index in [2.05, 4.69) is 39.2 Å². The lowest BCUT2D eigenvalue weighted by atomic mass is 10.1. The van der Waals surface area contributed by atoms with E-state index in [-0.39, 0.29) is 5.91 Å². The van der Waals surface area contributed by atoms with E-state index >= 15 is 0 Å². The van der Waals surface area contributed by atoms with Gasteiger partial charge in [-0.15, -0.1) is 11.3 Å². The Morgan fingerprint density at radius 3 is 2.45 bits per heavy atom. The molecule has 4 rings (SSSR count). The molecule has 0 bridgehead atoms. The zero-order valence-electron chi connectivity index (χ0n) is 17.6. The van der Waals surface area contributed by atoms with Crippen LogP contribution in [0.2, 0.25) is 0 Å². The molecule has 2 saturated heterocycles. The second-order valence-electron chi connectivity index (χ2n) is 8.11. The predicted molar refractivity (Wildman–Crippen MR) is 119 cm³/mol. The first-order chi connectivity index (χ1) is 14.1.